The summed E-state index contributed by atoms with van der Waals surface area (Å²) >= 11 is 6.08. The second kappa shape index (κ2) is 11.4. The van der Waals surface area contributed by atoms with Crippen molar-refractivity contribution < 1.29 is 37.4 Å². The maximum Gasteiger partial charge on any atom is 0.459 e. The van der Waals surface area contributed by atoms with Gasteiger partial charge in [0.25, 0.3) is 0 Å². The summed E-state index contributed by atoms with van der Waals surface area (Å²) in [6.45, 7) is 4.28. The molecule has 200 valence electrons. The molecule has 1 saturated heterocycles. The highest BCUT2D eigenvalue weighted by Crippen LogP contribution is 2.46. The summed E-state index contributed by atoms with van der Waals surface area (Å²) in [6, 6.07) is 8.70. The van der Waals surface area contributed by atoms with Gasteiger partial charge in [-0.1, -0.05) is 29.8 Å². The van der Waals surface area contributed by atoms with Gasteiger partial charge in [0, 0.05) is 6.20 Å². The molecule has 0 bridgehead atoms. The van der Waals surface area contributed by atoms with Crippen molar-refractivity contribution in [1.82, 2.24) is 19.6 Å². The summed E-state index contributed by atoms with van der Waals surface area (Å²) in [5.41, 5.74) is 0.318. The third-order valence-electron chi connectivity index (χ3n) is 5.46. The summed E-state index contributed by atoms with van der Waals surface area (Å²) in [7, 11) is -4.23. The molecule has 4 rings (SSSR count). The fourth-order valence-electron chi connectivity index (χ4n) is 3.72. The van der Waals surface area contributed by atoms with Crippen molar-refractivity contribution in [3.8, 4) is 5.75 Å². The van der Waals surface area contributed by atoms with E-state index < -0.39 is 57.1 Å². The van der Waals surface area contributed by atoms with Crippen LogP contribution < -0.4 is 9.61 Å². The molecule has 1 aliphatic heterocycles. The fourth-order valence-corrected chi connectivity index (χ4v) is 5.41. The van der Waals surface area contributed by atoms with Gasteiger partial charge in [-0.15, -0.1) is 0 Å². The number of hydrogen-bond acceptors (Lipinski definition) is 9. The normalized spacial score (nSPS) is 24.2. The number of aliphatic hydroxyl groups excluding tert-OH is 1. The Morgan fingerprint density at radius 3 is 2.70 bits per heavy atom. The van der Waals surface area contributed by atoms with E-state index in [0.717, 1.165) is 0 Å². The second-order valence-corrected chi connectivity index (χ2v) is 10.7. The molecule has 3 aromatic rings. The van der Waals surface area contributed by atoms with Gasteiger partial charge in [0.15, 0.2) is 12.4 Å². The quantitative estimate of drug-likeness (QED) is 0.216. The average Bonchev–Trinajstić information content (AvgIpc) is 3.40. The summed E-state index contributed by atoms with van der Waals surface area (Å²) in [6.07, 6.45) is -3.59. The molecule has 11 nitrogen and oxygen atoms in total. The number of rotatable bonds is 10. The molecule has 1 aliphatic rings. The number of ether oxygens (including phenoxy) is 2. The summed E-state index contributed by atoms with van der Waals surface area (Å²) < 4.78 is 52.1. The van der Waals surface area contributed by atoms with Crippen molar-refractivity contribution >= 4 is 36.4 Å². The third kappa shape index (κ3) is 6.28. The van der Waals surface area contributed by atoms with Crippen LogP contribution in [0.4, 0.5) is 4.39 Å². The molecular weight excluding hydrogens is 530 g/mol. The first-order valence-electron chi connectivity index (χ1n) is 11.5. The lowest BCUT2D eigenvalue weighted by Crippen LogP contribution is -2.37. The first kappa shape index (κ1) is 27.4. The molecule has 0 amide bonds. The van der Waals surface area contributed by atoms with Gasteiger partial charge in [0.05, 0.1) is 18.1 Å². The molecule has 0 aliphatic carbocycles. The van der Waals surface area contributed by atoms with Gasteiger partial charge in [0.1, 0.15) is 41.1 Å². The van der Waals surface area contributed by atoms with Crippen LogP contribution in [0.15, 0.2) is 48.9 Å². The molecule has 1 aromatic carbocycles. The monoisotopic (exact) mass is 556 g/mol. The van der Waals surface area contributed by atoms with Crippen molar-refractivity contribution in [3.05, 3.63) is 54.1 Å². The number of fused-ring (bicyclic) bond motifs is 1. The molecule has 14 heteroatoms. The first-order chi connectivity index (χ1) is 17.6. The second-order valence-electron chi connectivity index (χ2n) is 8.66. The summed E-state index contributed by atoms with van der Waals surface area (Å²) in [4.78, 5) is 20.3. The minimum Gasteiger partial charge on any atom is -0.462 e. The molecule has 3 heterocycles. The van der Waals surface area contributed by atoms with Crippen LogP contribution >= 0.6 is 19.3 Å². The maximum atomic E-state index is 15.1. The zero-order chi connectivity index (χ0) is 26.7. The van der Waals surface area contributed by atoms with Gasteiger partial charge < -0.3 is 23.7 Å². The van der Waals surface area contributed by atoms with E-state index in [0.29, 0.717) is 11.0 Å². The number of carbonyl (C=O) groups excluding carboxylic acids is 1. The van der Waals surface area contributed by atoms with Crippen LogP contribution in [0, 0.1) is 0 Å². The number of para-hydroxylation sites is 1. The number of esters is 1. The molecule has 2 N–H and O–H groups in total. The van der Waals surface area contributed by atoms with E-state index in [2.05, 4.69) is 15.1 Å². The number of aromatic nitrogens is 3. The van der Waals surface area contributed by atoms with Crippen molar-refractivity contribution in [2.45, 2.75) is 57.5 Å². The van der Waals surface area contributed by atoms with Crippen LogP contribution in [0.1, 0.15) is 27.0 Å². The van der Waals surface area contributed by atoms with E-state index in [1.54, 1.807) is 50.2 Å². The minimum absolute atomic E-state index is 0.188. The Labute approximate surface area is 217 Å². The van der Waals surface area contributed by atoms with Gasteiger partial charge in [0.2, 0.25) is 0 Å². The Hall–Kier alpha value is -2.60. The van der Waals surface area contributed by atoms with Crippen molar-refractivity contribution in [1.29, 1.82) is 0 Å². The van der Waals surface area contributed by atoms with E-state index in [9.17, 15) is 14.5 Å². The third-order valence-corrected chi connectivity index (χ3v) is 7.41. The van der Waals surface area contributed by atoms with Crippen LogP contribution in [0.25, 0.3) is 11.0 Å². The van der Waals surface area contributed by atoms with Crippen molar-refractivity contribution in [2.24, 2.45) is 0 Å². The number of aliphatic hydroxyl groups is 1. The van der Waals surface area contributed by atoms with Gasteiger partial charge in [-0.3, -0.25) is 9.32 Å². The van der Waals surface area contributed by atoms with Gasteiger partial charge in [-0.05, 0) is 39.0 Å². The molecule has 0 saturated carbocycles. The predicted octanol–water partition coefficient (Wildman–Crippen LogP) is 3.81. The van der Waals surface area contributed by atoms with Crippen LogP contribution in [0.2, 0.25) is 5.15 Å². The minimum atomic E-state index is -4.23. The Morgan fingerprint density at radius 2 is 2.00 bits per heavy atom. The molecule has 2 aromatic heterocycles. The SMILES string of the molecule is CC(C)OC(=O)[C@@H](C)NP(=O)(OC[C@H]1O[C@@H](n2ccc3c(Cl)ncnc32)[C@@H](F)[C@@H]1O)Oc1ccccc1. The lowest BCUT2D eigenvalue weighted by atomic mass is 10.1. The lowest BCUT2D eigenvalue weighted by Gasteiger charge is -2.25. The number of nitrogens with one attached hydrogen (secondary N) is 1. The van der Waals surface area contributed by atoms with E-state index >= 15 is 4.39 Å². The standard InChI is InChI=1S/C23H27ClFN4O7P/c1-13(2)34-23(31)14(3)28-37(32,36-15-7-5-4-6-8-15)33-11-17-19(30)18(25)22(35-17)29-10-9-16-20(24)26-12-27-21(16)29/h4-10,12-14,17-19,22,30H,11H2,1-3H3,(H,28,32)/t14-,17-,18+,19-,22-,37?/m1/s1. The fraction of sp³-hybridized carbons (Fsp3) is 0.435. The summed E-state index contributed by atoms with van der Waals surface area (Å²) in [5.74, 6) is -0.469. The van der Waals surface area contributed by atoms with Gasteiger partial charge >= 0.3 is 13.7 Å². The number of alkyl halides is 1. The van der Waals surface area contributed by atoms with E-state index in [-0.39, 0.29) is 10.9 Å². The zero-order valence-electron chi connectivity index (χ0n) is 20.2. The summed E-state index contributed by atoms with van der Waals surface area (Å²) in [5, 5.41) is 13.7. The Morgan fingerprint density at radius 1 is 1.27 bits per heavy atom. The Kier molecular flexibility index (Phi) is 8.47. The molecule has 0 spiro atoms. The molecule has 6 atom stereocenters. The smallest absolute Gasteiger partial charge is 0.459 e. The molecular formula is C23H27ClFN4O7P. The van der Waals surface area contributed by atoms with E-state index in [1.165, 1.54) is 24.0 Å². The number of carbonyl (C=O) groups is 1. The highest BCUT2D eigenvalue weighted by molar-refractivity contribution is 7.52. The molecule has 37 heavy (non-hydrogen) atoms. The number of benzene rings is 1. The molecule has 1 fully saturated rings. The van der Waals surface area contributed by atoms with Gasteiger partial charge in [-0.2, -0.15) is 5.09 Å². The van der Waals surface area contributed by atoms with Crippen LogP contribution in [0.5, 0.6) is 5.75 Å². The van der Waals surface area contributed by atoms with Crippen LogP contribution in [-0.2, 0) is 23.4 Å². The predicted molar refractivity (Wildman–Crippen MR) is 132 cm³/mol. The Balaban J connectivity index is 1.50. The molecule has 0 radical (unpaired) electrons. The van der Waals surface area contributed by atoms with E-state index in [1.807, 2.05) is 0 Å². The molecule has 1 unspecified atom stereocenters. The number of hydrogen-bond donors (Lipinski definition) is 2. The zero-order valence-corrected chi connectivity index (χ0v) is 21.9. The highest BCUT2D eigenvalue weighted by atomic mass is 35.5. The largest absolute Gasteiger partial charge is 0.462 e. The maximum absolute atomic E-state index is 15.1. The Bertz CT molecular complexity index is 1280. The highest BCUT2D eigenvalue weighted by Gasteiger charge is 2.47. The number of halogens is 2. The first-order valence-corrected chi connectivity index (χ1v) is 13.4. The van der Waals surface area contributed by atoms with Crippen molar-refractivity contribution in [3.63, 3.8) is 0 Å². The van der Waals surface area contributed by atoms with Crippen LogP contribution in [-0.4, -0.2) is 62.7 Å². The van der Waals surface area contributed by atoms with Crippen LogP contribution in [0.3, 0.4) is 0 Å². The number of nitrogens with zero attached hydrogens (tertiary/aromatic N) is 3. The van der Waals surface area contributed by atoms with E-state index in [4.69, 9.17) is 30.1 Å². The topological polar surface area (TPSA) is 134 Å². The average molecular weight is 557 g/mol. The van der Waals surface area contributed by atoms with Crippen molar-refractivity contribution in [2.75, 3.05) is 6.61 Å². The van der Waals surface area contributed by atoms with Gasteiger partial charge in [-0.25, -0.2) is 18.9 Å². The lowest BCUT2D eigenvalue weighted by molar-refractivity contribution is -0.149.